The van der Waals surface area contributed by atoms with E-state index in [0.717, 1.165) is 0 Å². The van der Waals surface area contributed by atoms with Crippen molar-refractivity contribution in [1.29, 1.82) is 0 Å². The van der Waals surface area contributed by atoms with Gasteiger partial charge in [-0.25, -0.2) is 0 Å². The number of rotatable bonds is 0. The molecule has 0 aromatic heterocycles. The third kappa shape index (κ3) is 11.1. The molecule has 0 amide bonds. The quantitative estimate of drug-likeness (QED) is 0.275. The second-order valence-corrected chi connectivity index (χ2v) is 0. The van der Waals surface area contributed by atoms with Crippen molar-refractivity contribution < 1.29 is 0 Å². The van der Waals surface area contributed by atoms with Gasteiger partial charge < -0.3 is 6.15 Å². The Labute approximate surface area is 44.9 Å². The molecule has 0 heterocycles. The molecular formula is H13AlNPSi. The molecule has 1 atom stereocenters. The SMILES string of the molecule is N.P.[AlH3].[SiH4]. The van der Waals surface area contributed by atoms with E-state index >= 15 is 0 Å². The Morgan fingerprint density at radius 3 is 1.00 bits per heavy atom. The van der Waals surface area contributed by atoms with Gasteiger partial charge in [0.2, 0.25) is 0 Å². The summed E-state index contributed by atoms with van der Waals surface area (Å²) in [5.74, 6) is 0. The van der Waals surface area contributed by atoms with Crippen molar-refractivity contribution in [2.75, 3.05) is 0 Å². The molecule has 0 saturated carbocycles. The summed E-state index contributed by atoms with van der Waals surface area (Å²) in [4.78, 5) is 0. The molecule has 4 heavy (non-hydrogen) atoms. The second-order valence-electron chi connectivity index (χ2n) is 0. The molecule has 0 aliphatic carbocycles. The van der Waals surface area contributed by atoms with Crippen LogP contribution in [-0.4, -0.2) is 28.3 Å². The third-order valence-corrected chi connectivity index (χ3v) is 0. The van der Waals surface area contributed by atoms with Gasteiger partial charge in [0.25, 0.3) is 0 Å². The highest BCUT2D eigenvalue weighted by molar-refractivity contribution is 6.92. The van der Waals surface area contributed by atoms with Crippen molar-refractivity contribution in [3.05, 3.63) is 0 Å². The van der Waals surface area contributed by atoms with Crippen LogP contribution in [0.2, 0.25) is 0 Å². The average Bonchev–Trinajstić information content (AvgIpc) is 0. The van der Waals surface area contributed by atoms with Crippen LogP contribution in [0.3, 0.4) is 0 Å². The molecule has 0 aliphatic heterocycles. The molecule has 0 aliphatic rings. The van der Waals surface area contributed by atoms with Crippen LogP contribution in [0.25, 0.3) is 0 Å². The first kappa shape index (κ1) is 67.8. The minimum atomic E-state index is 0. The van der Waals surface area contributed by atoms with E-state index < -0.39 is 0 Å². The molecule has 30 valence electrons. The third-order valence-electron chi connectivity index (χ3n) is 0. The van der Waals surface area contributed by atoms with Crippen molar-refractivity contribution in [1.82, 2.24) is 6.15 Å². The standard InChI is InChI=1S/Al.H3N.H3P.H4Si.3H/h;2*1H3;1H4;;;. The molecule has 0 saturated heterocycles. The molecule has 0 rings (SSSR count). The van der Waals surface area contributed by atoms with E-state index in [1.54, 1.807) is 0 Å². The van der Waals surface area contributed by atoms with Crippen molar-refractivity contribution in [2.45, 2.75) is 0 Å². The van der Waals surface area contributed by atoms with Crippen LogP contribution in [0, 0.1) is 0 Å². The summed E-state index contributed by atoms with van der Waals surface area (Å²) in [5.41, 5.74) is 0. The first-order valence-corrected chi connectivity index (χ1v) is 0. The predicted octanol–water partition coefficient (Wildman–Crippen LogP) is -2.42. The molecule has 0 radical (unpaired) electrons. The van der Waals surface area contributed by atoms with Crippen molar-refractivity contribution >= 4 is 38.2 Å². The Bertz CT molecular complexity index is 8.00. The van der Waals surface area contributed by atoms with Gasteiger partial charge in [-0.1, -0.05) is 0 Å². The minimum absolute atomic E-state index is 0. The highest BCUT2D eigenvalue weighted by Gasteiger charge is 0.187. The maximum absolute atomic E-state index is 0. The molecular weight excluding hydrogens is 100 g/mol. The van der Waals surface area contributed by atoms with Gasteiger partial charge in [0.05, 0.1) is 0 Å². The molecule has 4 heteroatoms. The van der Waals surface area contributed by atoms with Gasteiger partial charge in [-0.15, -0.1) is 0 Å². The minimum Gasteiger partial charge on any atom is -0.344 e. The summed E-state index contributed by atoms with van der Waals surface area (Å²) in [5, 5.41) is 0. The van der Waals surface area contributed by atoms with E-state index in [2.05, 4.69) is 0 Å². The van der Waals surface area contributed by atoms with E-state index in [0.29, 0.717) is 0 Å². The van der Waals surface area contributed by atoms with E-state index in [-0.39, 0.29) is 44.4 Å². The lowest BCUT2D eigenvalue weighted by atomic mass is 14.0. The Morgan fingerprint density at radius 2 is 1.00 bits per heavy atom. The lowest BCUT2D eigenvalue weighted by Crippen LogP contribution is -0.481. The summed E-state index contributed by atoms with van der Waals surface area (Å²) in [7, 11) is 0. The molecule has 3 N–H and O–H groups in total. The monoisotopic (exact) mass is 113 g/mol. The first-order valence-electron chi connectivity index (χ1n) is 0. The van der Waals surface area contributed by atoms with Gasteiger partial charge in [0, 0.05) is 0 Å². The highest BCUT2D eigenvalue weighted by Crippen LogP contribution is 0.861. The van der Waals surface area contributed by atoms with Gasteiger partial charge in [-0.2, -0.15) is 9.90 Å². The Morgan fingerprint density at radius 1 is 1.00 bits per heavy atom. The lowest BCUT2D eigenvalue weighted by molar-refractivity contribution is 2.13. The van der Waals surface area contributed by atoms with Crippen LogP contribution in [0.4, 0.5) is 0 Å². The Hall–Kier alpha value is 1.14. The lowest BCUT2D eigenvalue weighted by Gasteiger charge is -0.344. The van der Waals surface area contributed by atoms with E-state index in [9.17, 15) is 0 Å². The average molecular weight is 113 g/mol. The molecule has 0 aromatic rings. The number of hydrogen-bond acceptors (Lipinski definition) is 1. The smallest absolute Gasteiger partial charge is 0.187 e. The first-order chi connectivity index (χ1) is 0. The second kappa shape index (κ2) is 31.4. The number of hydrogen-bond donors (Lipinski definition) is 1. The molecule has 0 fully saturated rings. The molecule has 0 spiro atoms. The predicted molar refractivity (Wildman–Crippen MR) is 37.4 cm³/mol. The Balaban J connectivity index is 0. The molecule has 1 unspecified atom stereocenters. The largest absolute Gasteiger partial charge is 0.344 e. The fraction of sp³-hybridized carbons (Fsp3) is 0. The van der Waals surface area contributed by atoms with E-state index in [1.807, 2.05) is 0 Å². The van der Waals surface area contributed by atoms with Crippen LogP contribution in [0.1, 0.15) is 0 Å². The zero-order valence-electron chi connectivity index (χ0n) is 1.41. The van der Waals surface area contributed by atoms with Gasteiger partial charge in [-0.05, 0) is 11.0 Å². The van der Waals surface area contributed by atoms with Gasteiger partial charge >= 0.3 is 0 Å². The van der Waals surface area contributed by atoms with Crippen molar-refractivity contribution in [3.63, 3.8) is 0 Å². The van der Waals surface area contributed by atoms with Crippen LogP contribution in [0.5, 0.6) is 0 Å². The van der Waals surface area contributed by atoms with Crippen LogP contribution < -0.4 is 6.15 Å². The fourth-order valence-electron chi connectivity index (χ4n) is 0. The van der Waals surface area contributed by atoms with Crippen molar-refractivity contribution in [2.24, 2.45) is 0 Å². The molecule has 0 aromatic carbocycles. The van der Waals surface area contributed by atoms with E-state index in [4.69, 9.17) is 0 Å². The summed E-state index contributed by atoms with van der Waals surface area (Å²) in [6.45, 7) is 0. The summed E-state index contributed by atoms with van der Waals surface area (Å²) in [6, 6.07) is 0. The fourth-order valence-corrected chi connectivity index (χ4v) is 0. The topological polar surface area (TPSA) is 35.0 Å². The normalized spacial score (nSPS) is 0. The van der Waals surface area contributed by atoms with Gasteiger partial charge in [0.1, 0.15) is 0 Å². The summed E-state index contributed by atoms with van der Waals surface area (Å²) in [6.07, 6.45) is 0. The maximum Gasteiger partial charge on any atom is 0.187 e. The zero-order valence-corrected chi connectivity index (χ0v) is 2.83. The van der Waals surface area contributed by atoms with Crippen molar-refractivity contribution in [3.8, 4) is 0 Å². The summed E-state index contributed by atoms with van der Waals surface area (Å²) < 4.78 is 0. The Kier molecular flexibility index (Phi) is 533. The maximum atomic E-state index is 0. The van der Waals surface area contributed by atoms with Gasteiger partial charge in [0.15, 0.2) is 17.4 Å². The molecule has 1 nitrogen and oxygen atoms in total. The van der Waals surface area contributed by atoms with Gasteiger partial charge in [-0.3, -0.25) is 0 Å². The van der Waals surface area contributed by atoms with E-state index in [1.165, 1.54) is 0 Å². The summed E-state index contributed by atoms with van der Waals surface area (Å²) >= 11 is 0. The van der Waals surface area contributed by atoms with Crippen LogP contribution in [0.15, 0.2) is 0 Å². The molecule has 0 bridgehead atoms. The van der Waals surface area contributed by atoms with Crippen LogP contribution in [-0.2, 0) is 0 Å². The zero-order chi connectivity index (χ0) is 0. The highest BCUT2D eigenvalue weighted by atomic mass is 31.0. The van der Waals surface area contributed by atoms with Crippen LogP contribution >= 0.6 is 9.90 Å².